The number of nitrogen functional groups attached to an aromatic ring is 1. The van der Waals surface area contributed by atoms with Crippen LogP contribution in [0.25, 0.3) is 0 Å². The van der Waals surface area contributed by atoms with Gasteiger partial charge in [0.25, 0.3) is 0 Å². The third-order valence-corrected chi connectivity index (χ3v) is 2.20. The molecule has 0 bridgehead atoms. The minimum atomic E-state index is -1.60. The molecule has 4 nitrogen and oxygen atoms in total. The molecule has 1 aromatic carbocycles. The molecule has 0 heterocycles. The molecule has 14 heavy (non-hydrogen) atoms. The van der Waals surface area contributed by atoms with Gasteiger partial charge in [-0.2, -0.15) is 0 Å². The van der Waals surface area contributed by atoms with Crippen molar-refractivity contribution in [2.75, 3.05) is 12.8 Å². The van der Waals surface area contributed by atoms with Crippen LogP contribution >= 0.6 is 11.6 Å². The predicted molar refractivity (Wildman–Crippen MR) is 59.2 cm³/mol. The van der Waals surface area contributed by atoms with Gasteiger partial charge in [0, 0.05) is 30.0 Å². The SMILES string of the molecule is CN=Cc1c(N)ccc(B(O)O)c1Cl. The van der Waals surface area contributed by atoms with E-state index < -0.39 is 7.12 Å². The lowest BCUT2D eigenvalue weighted by Gasteiger charge is -2.08. The highest BCUT2D eigenvalue weighted by molar-refractivity contribution is 6.63. The molecular formula is C8H10BClN2O2. The zero-order chi connectivity index (χ0) is 10.7. The lowest BCUT2D eigenvalue weighted by Crippen LogP contribution is -2.31. The lowest BCUT2D eigenvalue weighted by atomic mass is 9.79. The van der Waals surface area contributed by atoms with E-state index in [-0.39, 0.29) is 10.5 Å². The molecule has 4 N–H and O–H groups in total. The fraction of sp³-hybridized carbons (Fsp3) is 0.125. The number of halogens is 1. The summed E-state index contributed by atoms with van der Waals surface area (Å²) in [6, 6.07) is 3.02. The first kappa shape index (κ1) is 11.0. The topological polar surface area (TPSA) is 78.8 Å². The number of hydrogen-bond acceptors (Lipinski definition) is 4. The van der Waals surface area contributed by atoms with E-state index in [4.69, 9.17) is 27.4 Å². The van der Waals surface area contributed by atoms with Crippen LogP contribution in [0.1, 0.15) is 5.56 Å². The normalized spacial score (nSPS) is 10.9. The van der Waals surface area contributed by atoms with E-state index in [0.717, 1.165) is 0 Å². The van der Waals surface area contributed by atoms with Crippen LogP contribution in [0.4, 0.5) is 5.69 Å². The third kappa shape index (κ3) is 2.06. The van der Waals surface area contributed by atoms with E-state index >= 15 is 0 Å². The van der Waals surface area contributed by atoms with Crippen LogP contribution in [0.15, 0.2) is 17.1 Å². The molecule has 0 aliphatic rings. The summed E-state index contributed by atoms with van der Waals surface area (Å²) in [6.07, 6.45) is 1.48. The van der Waals surface area contributed by atoms with Crippen molar-refractivity contribution in [3.8, 4) is 0 Å². The second-order valence-corrected chi connectivity index (χ2v) is 3.11. The highest BCUT2D eigenvalue weighted by Crippen LogP contribution is 2.18. The van der Waals surface area contributed by atoms with Crippen molar-refractivity contribution in [3.05, 3.63) is 22.7 Å². The number of hydrogen-bond donors (Lipinski definition) is 3. The Hall–Kier alpha value is -1.04. The predicted octanol–water partition coefficient (Wildman–Crippen LogP) is -0.349. The van der Waals surface area contributed by atoms with Crippen LogP contribution in [0.2, 0.25) is 5.02 Å². The smallest absolute Gasteiger partial charge is 0.423 e. The molecule has 0 spiro atoms. The first-order valence-electron chi connectivity index (χ1n) is 3.94. The van der Waals surface area contributed by atoms with Crippen molar-refractivity contribution < 1.29 is 10.0 Å². The lowest BCUT2D eigenvalue weighted by molar-refractivity contribution is 0.426. The van der Waals surface area contributed by atoms with Gasteiger partial charge < -0.3 is 15.8 Å². The van der Waals surface area contributed by atoms with E-state index in [0.29, 0.717) is 11.3 Å². The van der Waals surface area contributed by atoms with Crippen molar-refractivity contribution in [2.45, 2.75) is 0 Å². The summed E-state index contributed by atoms with van der Waals surface area (Å²) >= 11 is 5.90. The van der Waals surface area contributed by atoms with Gasteiger partial charge in [0.1, 0.15) is 0 Å². The molecule has 0 saturated carbocycles. The summed E-state index contributed by atoms with van der Waals surface area (Å²) in [5.41, 5.74) is 6.80. The Bertz CT molecular complexity index is 369. The van der Waals surface area contributed by atoms with Crippen molar-refractivity contribution in [2.24, 2.45) is 4.99 Å². The Morgan fingerprint density at radius 3 is 2.64 bits per heavy atom. The van der Waals surface area contributed by atoms with E-state index in [9.17, 15) is 0 Å². The molecule has 0 amide bonds. The quantitative estimate of drug-likeness (QED) is 0.356. The van der Waals surface area contributed by atoms with Gasteiger partial charge >= 0.3 is 7.12 Å². The maximum atomic E-state index is 8.97. The zero-order valence-electron chi connectivity index (χ0n) is 7.61. The van der Waals surface area contributed by atoms with Crippen LogP contribution in [0.5, 0.6) is 0 Å². The largest absolute Gasteiger partial charge is 0.489 e. The van der Waals surface area contributed by atoms with Gasteiger partial charge in [-0.25, -0.2) is 0 Å². The number of aliphatic imine (C=N–C) groups is 1. The number of rotatable bonds is 2. The van der Waals surface area contributed by atoms with Gasteiger partial charge in [-0.15, -0.1) is 0 Å². The maximum Gasteiger partial charge on any atom is 0.489 e. The minimum absolute atomic E-state index is 0.214. The Morgan fingerprint density at radius 1 is 1.50 bits per heavy atom. The monoisotopic (exact) mass is 212 g/mol. The maximum absolute atomic E-state index is 8.97. The Balaban J connectivity index is 3.33. The molecule has 0 aliphatic heterocycles. The average molecular weight is 212 g/mol. The number of anilines is 1. The summed E-state index contributed by atoms with van der Waals surface area (Å²) in [5.74, 6) is 0. The van der Waals surface area contributed by atoms with Crippen molar-refractivity contribution >= 4 is 36.1 Å². The highest BCUT2D eigenvalue weighted by atomic mass is 35.5. The average Bonchev–Trinajstić information content (AvgIpc) is 2.11. The van der Waals surface area contributed by atoms with Gasteiger partial charge in [-0.3, -0.25) is 4.99 Å². The first-order valence-corrected chi connectivity index (χ1v) is 4.32. The van der Waals surface area contributed by atoms with Gasteiger partial charge in [0.15, 0.2) is 0 Å². The molecule has 0 atom stereocenters. The van der Waals surface area contributed by atoms with E-state index in [1.54, 1.807) is 13.1 Å². The molecular weight excluding hydrogens is 202 g/mol. The van der Waals surface area contributed by atoms with Crippen molar-refractivity contribution in [1.29, 1.82) is 0 Å². The molecule has 0 aromatic heterocycles. The van der Waals surface area contributed by atoms with Crippen molar-refractivity contribution in [1.82, 2.24) is 0 Å². The van der Waals surface area contributed by atoms with E-state index in [1.165, 1.54) is 12.3 Å². The van der Waals surface area contributed by atoms with Gasteiger partial charge in [0.05, 0.1) is 5.02 Å². The van der Waals surface area contributed by atoms with E-state index in [2.05, 4.69) is 4.99 Å². The Labute approximate surface area is 87.2 Å². The molecule has 1 aromatic rings. The highest BCUT2D eigenvalue weighted by Gasteiger charge is 2.18. The van der Waals surface area contributed by atoms with Gasteiger partial charge in [-0.05, 0) is 6.07 Å². The summed E-state index contributed by atoms with van der Waals surface area (Å²) in [4.78, 5) is 3.78. The molecule has 0 saturated heterocycles. The van der Waals surface area contributed by atoms with Crippen molar-refractivity contribution in [3.63, 3.8) is 0 Å². The molecule has 1 rings (SSSR count). The standard InChI is InChI=1S/C8H10BClN2O2/c1-12-4-5-7(11)3-2-6(8(5)10)9(13)14/h2-4,13-14H,11H2,1H3. The second kappa shape index (κ2) is 4.46. The Kier molecular flexibility index (Phi) is 3.52. The zero-order valence-corrected chi connectivity index (χ0v) is 8.36. The van der Waals surface area contributed by atoms with Crippen LogP contribution in [-0.2, 0) is 0 Å². The summed E-state index contributed by atoms with van der Waals surface area (Å²) in [5, 5.41) is 18.2. The fourth-order valence-corrected chi connectivity index (χ4v) is 1.40. The first-order chi connectivity index (χ1) is 6.57. The number of nitrogens with zero attached hydrogens (tertiary/aromatic N) is 1. The Morgan fingerprint density at radius 2 is 2.14 bits per heavy atom. The minimum Gasteiger partial charge on any atom is -0.423 e. The second-order valence-electron chi connectivity index (χ2n) is 2.73. The molecule has 74 valence electrons. The van der Waals surface area contributed by atoms with Gasteiger partial charge in [-0.1, -0.05) is 17.7 Å². The van der Waals surface area contributed by atoms with Crippen LogP contribution in [0, 0.1) is 0 Å². The fourth-order valence-electron chi connectivity index (χ4n) is 1.08. The summed E-state index contributed by atoms with van der Waals surface area (Å²) < 4.78 is 0. The number of nitrogens with two attached hydrogens (primary N) is 1. The van der Waals surface area contributed by atoms with E-state index in [1.807, 2.05) is 0 Å². The summed E-state index contributed by atoms with van der Waals surface area (Å²) in [6.45, 7) is 0. The molecule has 0 unspecified atom stereocenters. The number of benzene rings is 1. The molecule has 6 heteroatoms. The van der Waals surface area contributed by atoms with Gasteiger partial charge in [0.2, 0.25) is 0 Å². The van der Waals surface area contributed by atoms with Crippen LogP contribution in [0.3, 0.4) is 0 Å². The van der Waals surface area contributed by atoms with Crippen LogP contribution < -0.4 is 11.2 Å². The molecule has 0 fully saturated rings. The third-order valence-electron chi connectivity index (χ3n) is 1.78. The molecule has 0 aliphatic carbocycles. The summed E-state index contributed by atoms with van der Waals surface area (Å²) in [7, 11) is -0.0234. The molecule has 0 radical (unpaired) electrons. The van der Waals surface area contributed by atoms with Crippen LogP contribution in [-0.4, -0.2) is 30.4 Å².